The fraction of sp³-hybridized carbons (Fsp3) is 0.118. The Labute approximate surface area is 146 Å². The summed E-state index contributed by atoms with van der Waals surface area (Å²) in [4.78, 5) is 47.9. The van der Waals surface area contributed by atoms with E-state index < -0.39 is 11.2 Å². The van der Waals surface area contributed by atoms with Gasteiger partial charge < -0.3 is 9.88 Å². The molecule has 1 amide bonds. The van der Waals surface area contributed by atoms with Gasteiger partial charge in [-0.05, 0) is 18.2 Å². The largest absolute Gasteiger partial charge is 0.328 e. The molecule has 0 atom stereocenters. The van der Waals surface area contributed by atoms with Gasteiger partial charge in [-0.3, -0.25) is 19.4 Å². The summed E-state index contributed by atoms with van der Waals surface area (Å²) in [5.74, 6) is -0.283. The van der Waals surface area contributed by atoms with Crippen molar-refractivity contribution in [2.24, 2.45) is 0 Å². The van der Waals surface area contributed by atoms with E-state index in [4.69, 9.17) is 0 Å². The van der Waals surface area contributed by atoms with Crippen LogP contribution in [0.2, 0.25) is 0 Å². The van der Waals surface area contributed by atoms with E-state index in [1.54, 1.807) is 30.3 Å². The summed E-state index contributed by atoms with van der Waals surface area (Å²) in [6.45, 7) is 0.141. The van der Waals surface area contributed by atoms with Crippen molar-refractivity contribution in [2.45, 2.75) is 13.0 Å². The summed E-state index contributed by atoms with van der Waals surface area (Å²) in [5.41, 5.74) is 0.529. The molecule has 0 unspecified atom stereocenters. The van der Waals surface area contributed by atoms with Crippen molar-refractivity contribution in [1.29, 1.82) is 0 Å². The predicted molar refractivity (Wildman–Crippen MR) is 94.9 cm³/mol. The van der Waals surface area contributed by atoms with Gasteiger partial charge in [-0.25, -0.2) is 9.89 Å². The fourth-order valence-corrected chi connectivity index (χ4v) is 2.33. The van der Waals surface area contributed by atoms with E-state index in [9.17, 15) is 19.2 Å². The molecule has 0 aliphatic rings. The molecule has 3 aromatic rings. The number of nitrogens with zero attached hydrogens (tertiary/aromatic N) is 2. The normalized spacial score (nSPS) is 10.5. The summed E-state index contributed by atoms with van der Waals surface area (Å²) < 4.78 is 1.25. The van der Waals surface area contributed by atoms with Gasteiger partial charge >= 0.3 is 5.69 Å². The molecule has 132 valence electrons. The number of aryl methyl sites for hydroxylation is 1. The van der Waals surface area contributed by atoms with Crippen molar-refractivity contribution < 1.29 is 4.79 Å². The fourth-order valence-electron chi connectivity index (χ4n) is 2.33. The summed E-state index contributed by atoms with van der Waals surface area (Å²) >= 11 is 0. The summed E-state index contributed by atoms with van der Waals surface area (Å²) in [6, 6.07) is 11.2. The molecule has 9 nitrogen and oxygen atoms in total. The van der Waals surface area contributed by atoms with Gasteiger partial charge in [0.15, 0.2) is 0 Å². The van der Waals surface area contributed by atoms with Gasteiger partial charge in [0.2, 0.25) is 5.91 Å². The molecule has 3 N–H and O–H groups in total. The van der Waals surface area contributed by atoms with Crippen molar-refractivity contribution in [3.8, 4) is 11.3 Å². The number of anilines is 1. The lowest BCUT2D eigenvalue weighted by Gasteiger charge is -2.08. The molecule has 0 saturated heterocycles. The van der Waals surface area contributed by atoms with Crippen molar-refractivity contribution in [3.05, 3.63) is 79.9 Å². The molecular formula is C17H15N5O4. The maximum absolute atomic E-state index is 12.1. The minimum absolute atomic E-state index is 0.0626. The number of amides is 1. The molecule has 0 saturated carbocycles. The minimum Gasteiger partial charge on any atom is -0.326 e. The van der Waals surface area contributed by atoms with E-state index in [2.05, 4.69) is 20.5 Å². The van der Waals surface area contributed by atoms with Crippen LogP contribution in [0.4, 0.5) is 5.69 Å². The highest BCUT2D eigenvalue weighted by Gasteiger charge is 2.06. The average molecular weight is 353 g/mol. The van der Waals surface area contributed by atoms with E-state index in [1.165, 1.54) is 22.9 Å². The van der Waals surface area contributed by atoms with Crippen LogP contribution in [-0.2, 0) is 11.3 Å². The molecule has 0 bridgehead atoms. The first-order chi connectivity index (χ1) is 12.5. The molecule has 3 rings (SSSR count). The van der Waals surface area contributed by atoms with Gasteiger partial charge in [0.25, 0.3) is 11.1 Å². The van der Waals surface area contributed by atoms with E-state index >= 15 is 0 Å². The van der Waals surface area contributed by atoms with Crippen LogP contribution < -0.4 is 22.1 Å². The number of benzene rings is 1. The first kappa shape index (κ1) is 17.1. The summed E-state index contributed by atoms with van der Waals surface area (Å²) in [5, 5.41) is 9.04. The molecule has 0 aliphatic carbocycles. The number of rotatable bonds is 5. The van der Waals surface area contributed by atoms with Crippen molar-refractivity contribution in [2.75, 3.05) is 5.32 Å². The van der Waals surface area contributed by atoms with Crippen LogP contribution >= 0.6 is 0 Å². The van der Waals surface area contributed by atoms with Crippen molar-refractivity contribution >= 4 is 11.6 Å². The second-order valence-corrected chi connectivity index (χ2v) is 5.49. The van der Waals surface area contributed by atoms with Crippen molar-refractivity contribution in [3.63, 3.8) is 0 Å². The molecule has 1 aromatic carbocycles. The Bertz CT molecular complexity index is 1090. The molecule has 0 radical (unpaired) electrons. The molecule has 2 aromatic heterocycles. The number of aromatic amines is 2. The highest BCUT2D eigenvalue weighted by atomic mass is 16.2. The summed E-state index contributed by atoms with van der Waals surface area (Å²) in [6.07, 6.45) is 1.41. The maximum atomic E-state index is 12.1. The van der Waals surface area contributed by atoms with E-state index in [1.807, 2.05) is 0 Å². The van der Waals surface area contributed by atoms with Crippen LogP contribution in [0.3, 0.4) is 0 Å². The van der Waals surface area contributed by atoms with Crippen LogP contribution in [0.1, 0.15) is 6.42 Å². The third kappa shape index (κ3) is 4.20. The smallest absolute Gasteiger partial charge is 0.326 e. The summed E-state index contributed by atoms with van der Waals surface area (Å²) in [7, 11) is 0. The van der Waals surface area contributed by atoms with Crippen LogP contribution in [-0.4, -0.2) is 25.7 Å². The second kappa shape index (κ2) is 7.43. The van der Waals surface area contributed by atoms with Crippen LogP contribution in [0.5, 0.6) is 0 Å². The van der Waals surface area contributed by atoms with Crippen LogP contribution in [0.15, 0.2) is 63.0 Å². The molecule has 0 fully saturated rings. The third-order valence-electron chi connectivity index (χ3n) is 3.60. The van der Waals surface area contributed by atoms with Crippen LogP contribution in [0.25, 0.3) is 11.3 Å². The molecule has 9 heteroatoms. The van der Waals surface area contributed by atoms with Gasteiger partial charge in [-0.15, -0.1) is 0 Å². The van der Waals surface area contributed by atoms with Crippen molar-refractivity contribution in [1.82, 2.24) is 19.7 Å². The number of carbonyl (C=O) groups excluding carboxylic acids is 1. The number of nitrogens with one attached hydrogen (secondary N) is 3. The second-order valence-electron chi connectivity index (χ2n) is 5.49. The number of hydrogen-bond acceptors (Lipinski definition) is 5. The lowest BCUT2D eigenvalue weighted by Crippen LogP contribution is -2.29. The number of aromatic nitrogens is 4. The Hall–Kier alpha value is -3.75. The van der Waals surface area contributed by atoms with E-state index in [0.717, 1.165) is 5.56 Å². The minimum atomic E-state index is -0.559. The van der Waals surface area contributed by atoms with Gasteiger partial charge in [-0.1, -0.05) is 12.1 Å². The third-order valence-corrected chi connectivity index (χ3v) is 3.60. The highest BCUT2D eigenvalue weighted by Crippen LogP contribution is 2.19. The van der Waals surface area contributed by atoms with Gasteiger partial charge in [0.1, 0.15) is 0 Å². The predicted octanol–water partition coefficient (Wildman–Crippen LogP) is 0.316. The first-order valence-corrected chi connectivity index (χ1v) is 7.77. The van der Waals surface area contributed by atoms with Gasteiger partial charge in [-0.2, -0.15) is 5.10 Å². The Morgan fingerprint density at radius 1 is 1.08 bits per heavy atom. The molecule has 2 heterocycles. The number of carbonyl (C=O) groups is 1. The van der Waals surface area contributed by atoms with Gasteiger partial charge in [0.05, 0.1) is 5.69 Å². The number of H-pyrrole nitrogens is 2. The first-order valence-electron chi connectivity index (χ1n) is 7.77. The molecule has 0 spiro atoms. The Balaban J connectivity index is 1.66. The lowest BCUT2D eigenvalue weighted by atomic mass is 10.1. The standard InChI is InChI=1S/C17H15N5O4/c23-14(6-8-22-9-7-15(24)19-17(22)26)18-12-3-1-2-11(10-12)13-4-5-16(25)21-20-13/h1-5,7,9-10H,6,8H2,(H,18,23)(H,21,25)(H,19,24,26). The monoisotopic (exact) mass is 353 g/mol. The SMILES string of the molecule is O=C(CCn1ccc(=O)[nH]c1=O)Nc1cccc(-c2ccc(=O)[nH]n2)c1. The molecule has 26 heavy (non-hydrogen) atoms. The Kier molecular flexibility index (Phi) is 4.88. The zero-order valence-corrected chi connectivity index (χ0v) is 13.6. The molecular weight excluding hydrogens is 338 g/mol. The zero-order valence-electron chi connectivity index (χ0n) is 13.6. The zero-order chi connectivity index (χ0) is 18.5. The molecule has 0 aliphatic heterocycles. The van der Waals surface area contributed by atoms with E-state index in [-0.39, 0.29) is 24.4 Å². The Morgan fingerprint density at radius 3 is 2.65 bits per heavy atom. The Morgan fingerprint density at radius 2 is 1.92 bits per heavy atom. The average Bonchev–Trinajstić information content (AvgIpc) is 2.62. The van der Waals surface area contributed by atoms with E-state index in [0.29, 0.717) is 11.4 Å². The van der Waals surface area contributed by atoms with Gasteiger partial charge in [0, 0.05) is 42.5 Å². The van der Waals surface area contributed by atoms with Crippen LogP contribution in [0, 0.1) is 0 Å². The lowest BCUT2D eigenvalue weighted by molar-refractivity contribution is -0.116. The highest BCUT2D eigenvalue weighted by molar-refractivity contribution is 5.91. The quantitative estimate of drug-likeness (QED) is 0.608. The number of hydrogen-bond donors (Lipinski definition) is 3. The topological polar surface area (TPSA) is 130 Å². The maximum Gasteiger partial charge on any atom is 0.328 e.